The van der Waals surface area contributed by atoms with E-state index < -0.39 is 28.5 Å². The van der Waals surface area contributed by atoms with Crippen LogP contribution in [0.5, 0.6) is 5.75 Å². The van der Waals surface area contributed by atoms with Crippen molar-refractivity contribution in [1.29, 1.82) is 0 Å². The van der Waals surface area contributed by atoms with Gasteiger partial charge in [0.25, 0.3) is 10.0 Å². The van der Waals surface area contributed by atoms with Gasteiger partial charge in [0.05, 0.1) is 17.2 Å². The average molecular weight is 572 g/mol. The molecule has 0 aliphatic carbocycles. The number of rotatable bonds is 13. The summed E-state index contributed by atoms with van der Waals surface area (Å²) in [6, 6.07) is 20.5. The number of nitrogens with zero attached hydrogens (tertiary/aromatic N) is 2. The van der Waals surface area contributed by atoms with Gasteiger partial charge < -0.3 is 15.0 Å². The fourth-order valence-electron chi connectivity index (χ4n) is 3.93. The molecule has 0 saturated carbocycles. The van der Waals surface area contributed by atoms with E-state index in [2.05, 4.69) is 5.32 Å². The molecule has 10 heteroatoms. The van der Waals surface area contributed by atoms with Crippen LogP contribution in [0.2, 0.25) is 5.02 Å². The van der Waals surface area contributed by atoms with Crippen molar-refractivity contribution in [2.24, 2.45) is 0 Å². The van der Waals surface area contributed by atoms with Crippen LogP contribution in [0.4, 0.5) is 5.69 Å². The number of hydrogen-bond donors (Lipinski definition) is 1. The Morgan fingerprint density at radius 2 is 1.67 bits per heavy atom. The highest BCUT2D eigenvalue weighted by Crippen LogP contribution is 2.26. The highest BCUT2D eigenvalue weighted by Gasteiger charge is 2.32. The first-order valence-electron chi connectivity index (χ1n) is 12.8. The molecule has 208 valence electrons. The minimum Gasteiger partial charge on any atom is -0.494 e. The maximum atomic E-state index is 13.9. The summed E-state index contributed by atoms with van der Waals surface area (Å²) in [5.41, 5.74) is 1.01. The van der Waals surface area contributed by atoms with Crippen LogP contribution >= 0.6 is 11.6 Å². The zero-order valence-corrected chi connectivity index (χ0v) is 23.9. The van der Waals surface area contributed by atoms with Crippen LogP contribution in [-0.4, -0.2) is 50.9 Å². The molecule has 3 rings (SSSR count). The highest BCUT2D eigenvalue weighted by molar-refractivity contribution is 7.92. The van der Waals surface area contributed by atoms with Crippen LogP contribution in [0.3, 0.4) is 0 Å². The van der Waals surface area contributed by atoms with Gasteiger partial charge in [-0.2, -0.15) is 0 Å². The number of carbonyl (C=O) groups is 2. The van der Waals surface area contributed by atoms with Crippen molar-refractivity contribution in [3.05, 3.63) is 89.4 Å². The fraction of sp³-hybridized carbons (Fsp3) is 0.310. The molecule has 0 heterocycles. The Bertz CT molecular complexity index is 1350. The Morgan fingerprint density at radius 1 is 0.974 bits per heavy atom. The molecule has 0 aliphatic heterocycles. The lowest BCUT2D eigenvalue weighted by molar-refractivity contribution is -0.139. The average Bonchev–Trinajstić information content (AvgIpc) is 2.94. The number of amides is 2. The number of carbonyl (C=O) groups excluding carboxylic acids is 2. The summed E-state index contributed by atoms with van der Waals surface area (Å²) in [5, 5.41) is 3.31. The molecule has 39 heavy (non-hydrogen) atoms. The second-order valence-corrected chi connectivity index (χ2v) is 11.2. The van der Waals surface area contributed by atoms with Crippen molar-refractivity contribution in [2.75, 3.05) is 24.0 Å². The molecule has 0 aliphatic rings. The van der Waals surface area contributed by atoms with Crippen molar-refractivity contribution in [2.45, 2.75) is 44.7 Å². The van der Waals surface area contributed by atoms with Gasteiger partial charge in [0, 0.05) is 18.1 Å². The minimum atomic E-state index is -4.12. The van der Waals surface area contributed by atoms with Crippen molar-refractivity contribution in [1.82, 2.24) is 10.2 Å². The third kappa shape index (κ3) is 7.97. The van der Waals surface area contributed by atoms with E-state index in [0.29, 0.717) is 35.2 Å². The molecular weight excluding hydrogens is 538 g/mol. The second-order valence-electron chi connectivity index (χ2n) is 8.87. The molecule has 0 radical (unpaired) electrons. The van der Waals surface area contributed by atoms with Gasteiger partial charge in [-0.3, -0.25) is 13.9 Å². The van der Waals surface area contributed by atoms with Crippen molar-refractivity contribution >= 4 is 39.1 Å². The Balaban J connectivity index is 2.01. The van der Waals surface area contributed by atoms with Gasteiger partial charge in [0.15, 0.2) is 0 Å². The quantitative estimate of drug-likeness (QED) is 0.315. The third-order valence-corrected chi connectivity index (χ3v) is 8.03. The standard InChI is InChI=1S/C29H34ClN3O5S/c1-4-18-31-29(35)22(3)32(20-23-10-9-11-24(30)19-23)28(34)21-33(25-14-16-26(17-15-25)38-5-2)39(36,37)27-12-7-6-8-13-27/h6-17,19,22H,4-5,18,20-21H2,1-3H3,(H,31,35). The molecular formula is C29H34ClN3O5S. The molecule has 0 bridgehead atoms. The lowest BCUT2D eigenvalue weighted by Gasteiger charge is -2.32. The summed E-state index contributed by atoms with van der Waals surface area (Å²) in [4.78, 5) is 28.2. The van der Waals surface area contributed by atoms with E-state index >= 15 is 0 Å². The first-order chi connectivity index (χ1) is 18.7. The second kappa shape index (κ2) is 14.0. The van der Waals surface area contributed by atoms with E-state index in [1.165, 1.54) is 17.0 Å². The van der Waals surface area contributed by atoms with Crippen LogP contribution in [0.15, 0.2) is 83.8 Å². The van der Waals surface area contributed by atoms with Gasteiger partial charge in [-0.25, -0.2) is 8.42 Å². The van der Waals surface area contributed by atoms with E-state index in [9.17, 15) is 18.0 Å². The molecule has 0 fully saturated rings. The van der Waals surface area contributed by atoms with Gasteiger partial charge in [-0.05, 0) is 74.4 Å². The fourth-order valence-corrected chi connectivity index (χ4v) is 5.58. The van der Waals surface area contributed by atoms with Crippen LogP contribution in [0, 0.1) is 0 Å². The maximum Gasteiger partial charge on any atom is 0.264 e. The van der Waals surface area contributed by atoms with Gasteiger partial charge in [-0.1, -0.05) is 48.9 Å². The van der Waals surface area contributed by atoms with E-state index in [4.69, 9.17) is 16.3 Å². The molecule has 1 unspecified atom stereocenters. The molecule has 8 nitrogen and oxygen atoms in total. The van der Waals surface area contributed by atoms with E-state index in [-0.39, 0.29) is 17.3 Å². The normalized spacial score (nSPS) is 11.9. The Morgan fingerprint density at radius 3 is 2.28 bits per heavy atom. The lowest BCUT2D eigenvalue weighted by atomic mass is 10.1. The Kier molecular flexibility index (Phi) is 10.8. The van der Waals surface area contributed by atoms with Crippen LogP contribution < -0.4 is 14.4 Å². The van der Waals surface area contributed by atoms with Gasteiger partial charge >= 0.3 is 0 Å². The monoisotopic (exact) mass is 571 g/mol. The van der Waals surface area contributed by atoms with E-state index in [1.807, 2.05) is 13.8 Å². The van der Waals surface area contributed by atoms with Crippen molar-refractivity contribution in [3.8, 4) is 5.75 Å². The van der Waals surface area contributed by atoms with Gasteiger partial charge in [0.1, 0.15) is 18.3 Å². The van der Waals surface area contributed by atoms with Crippen LogP contribution in [0.1, 0.15) is 32.8 Å². The van der Waals surface area contributed by atoms with Crippen LogP contribution in [-0.2, 0) is 26.2 Å². The van der Waals surface area contributed by atoms with Gasteiger partial charge in [-0.15, -0.1) is 0 Å². The molecule has 1 atom stereocenters. The summed E-state index contributed by atoms with van der Waals surface area (Å²) in [6.07, 6.45) is 0.738. The summed E-state index contributed by atoms with van der Waals surface area (Å²) in [6.45, 7) is 5.89. The molecule has 3 aromatic carbocycles. The minimum absolute atomic E-state index is 0.0433. The van der Waals surface area contributed by atoms with Crippen molar-refractivity contribution in [3.63, 3.8) is 0 Å². The largest absolute Gasteiger partial charge is 0.494 e. The van der Waals surface area contributed by atoms with Gasteiger partial charge in [0.2, 0.25) is 11.8 Å². The number of hydrogen-bond acceptors (Lipinski definition) is 5. The Hall–Kier alpha value is -3.56. The first kappa shape index (κ1) is 30.0. The number of sulfonamides is 1. The third-order valence-electron chi connectivity index (χ3n) is 6.00. The SMILES string of the molecule is CCCNC(=O)C(C)N(Cc1cccc(Cl)c1)C(=O)CN(c1ccc(OCC)cc1)S(=O)(=O)c1ccccc1. The molecule has 0 saturated heterocycles. The molecule has 0 spiro atoms. The number of anilines is 1. The topological polar surface area (TPSA) is 96.0 Å². The maximum absolute atomic E-state index is 13.9. The zero-order valence-electron chi connectivity index (χ0n) is 22.3. The predicted octanol–water partition coefficient (Wildman–Crippen LogP) is 4.88. The first-order valence-corrected chi connectivity index (χ1v) is 14.6. The predicted molar refractivity (Wildman–Crippen MR) is 153 cm³/mol. The van der Waals surface area contributed by atoms with Crippen molar-refractivity contribution < 1.29 is 22.7 Å². The zero-order chi connectivity index (χ0) is 28.4. The number of ether oxygens (including phenoxy) is 1. The number of nitrogens with one attached hydrogen (secondary N) is 1. The molecule has 2 amide bonds. The smallest absolute Gasteiger partial charge is 0.264 e. The highest BCUT2D eigenvalue weighted by atomic mass is 35.5. The molecule has 1 N–H and O–H groups in total. The number of halogens is 1. The summed E-state index contributed by atoms with van der Waals surface area (Å²) in [5.74, 6) is -0.290. The molecule has 3 aromatic rings. The number of benzene rings is 3. The van der Waals surface area contributed by atoms with E-state index in [1.54, 1.807) is 73.7 Å². The summed E-state index contributed by atoms with van der Waals surface area (Å²) in [7, 11) is -4.12. The summed E-state index contributed by atoms with van der Waals surface area (Å²) < 4.78 is 34.1. The van der Waals surface area contributed by atoms with E-state index in [0.717, 1.165) is 10.7 Å². The molecule has 0 aromatic heterocycles. The van der Waals surface area contributed by atoms with Crippen LogP contribution in [0.25, 0.3) is 0 Å². The summed E-state index contributed by atoms with van der Waals surface area (Å²) >= 11 is 6.17. The lowest BCUT2D eigenvalue weighted by Crippen LogP contribution is -2.51. The Labute approximate surface area is 235 Å².